The first-order valence-corrected chi connectivity index (χ1v) is 5.08. The average Bonchev–Trinajstić information content (AvgIpc) is 1.98. The molecular formula is C10H25N3. The summed E-state index contributed by atoms with van der Waals surface area (Å²) in [6, 6.07) is 0. The Morgan fingerprint density at radius 1 is 1.31 bits per heavy atom. The molecule has 0 spiro atoms. The van der Waals surface area contributed by atoms with Crippen LogP contribution in [0.2, 0.25) is 0 Å². The van der Waals surface area contributed by atoms with Gasteiger partial charge in [0.05, 0.1) is 0 Å². The van der Waals surface area contributed by atoms with E-state index in [0.717, 1.165) is 26.1 Å². The van der Waals surface area contributed by atoms with E-state index >= 15 is 0 Å². The standard InChI is InChI=1S/C10H25N3/c1-10(2,6-7-11)12-8-5-9-13(3)4/h12H,5-9,11H2,1-4H3. The highest BCUT2D eigenvalue weighted by Crippen LogP contribution is 2.05. The van der Waals surface area contributed by atoms with Crippen LogP contribution in [-0.4, -0.2) is 44.2 Å². The normalized spacial score (nSPS) is 12.5. The Morgan fingerprint density at radius 3 is 2.38 bits per heavy atom. The van der Waals surface area contributed by atoms with Crippen LogP contribution in [0, 0.1) is 0 Å². The summed E-state index contributed by atoms with van der Waals surface area (Å²) in [5.74, 6) is 0. The lowest BCUT2D eigenvalue weighted by molar-refractivity contribution is 0.340. The number of nitrogens with zero attached hydrogens (tertiary/aromatic N) is 1. The lowest BCUT2D eigenvalue weighted by atomic mass is 10.0. The Balaban J connectivity index is 3.40. The number of rotatable bonds is 7. The quantitative estimate of drug-likeness (QED) is 0.575. The van der Waals surface area contributed by atoms with E-state index in [0.29, 0.717) is 0 Å². The molecule has 0 aromatic carbocycles. The summed E-state index contributed by atoms with van der Waals surface area (Å²) in [7, 11) is 4.20. The highest BCUT2D eigenvalue weighted by Gasteiger charge is 2.14. The van der Waals surface area contributed by atoms with Gasteiger partial charge in [0.15, 0.2) is 0 Å². The van der Waals surface area contributed by atoms with Crippen LogP contribution in [0.5, 0.6) is 0 Å². The highest BCUT2D eigenvalue weighted by molar-refractivity contribution is 4.77. The van der Waals surface area contributed by atoms with E-state index in [1.807, 2.05) is 0 Å². The number of nitrogens with two attached hydrogens (primary N) is 1. The maximum Gasteiger partial charge on any atom is 0.0137 e. The second-order valence-corrected chi connectivity index (χ2v) is 4.51. The molecule has 0 atom stereocenters. The first-order valence-electron chi connectivity index (χ1n) is 5.08. The van der Waals surface area contributed by atoms with Crippen molar-refractivity contribution in [1.82, 2.24) is 10.2 Å². The molecule has 0 aliphatic rings. The van der Waals surface area contributed by atoms with Crippen molar-refractivity contribution < 1.29 is 0 Å². The second-order valence-electron chi connectivity index (χ2n) is 4.51. The Morgan fingerprint density at radius 2 is 1.92 bits per heavy atom. The maximum atomic E-state index is 5.52. The van der Waals surface area contributed by atoms with Gasteiger partial charge in [0, 0.05) is 5.54 Å². The zero-order chi connectivity index (χ0) is 10.3. The van der Waals surface area contributed by atoms with Crippen LogP contribution >= 0.6 is 0 Å². The van der Waals surface area contributed by atoms with E-state index in [1.54, 1.807) is 0 Å². The van der Waals surface area contributed by atoms with Crippen molar-refractivity contribution in [3.8, 4) is 0 Å². The first-order chi connectivity index (χ1) is 5.98. The molecule has 0 amide bonds. The summed E-state index contributed by atoms with van der Waals surface area (Å²) >= 11 is 0. The molecule has 80 valence electrons. The number of nitrogens with one attached hydrogen (secondary N) is 1. The Labute approximate surface area is 82.7 Å². The highest BCUT2D eigenvalue weighted by atomic mass is 15.1. The monoisotopic (exact) mass is 187 g/mol. The Bertz CT molecular complexity index is 121. The molecule has 0 radical (unpaired) electrons. The molecule has 0 unspecified atom stereocenters. The molecule has 0 aliphatic carbocycles. The summed E-state index contributed by atoms with van der Waals surface area (Å²) in [5.41, 5.74) is 5.71. The van der Waals surface area contributed by atoms with Crippen LogP contribution in [0.1, 0.15) is 26.7 Å². The van der Waals surface area contributed by atoms with Crippen LogP contribution in [0.25, 0.3) is 0 Å². The van der Waals surface area contributed by atoms with Crippen LogP contribution in [0.4, 0.5) is 0 Å². The van der Waals surface area contributed by atoms with Gasteiger partial charge < -0.3 is 16.0 Å². The number of hydrogen-bond donors (Lipinski definition) is 2. The molecule has 0 bridgehead atoms. The molecule has 0 rings (SSSR count). The summed E-state index contributed by atoms with van der Waals surface area (Å²) in [5, 5.41) is 3.51. The van der Waals surface area contributed by atoms with Crippen molar-refractivity contribution in [1.29, 1.82) is 0 Å². The minimum atomic E-state index is 0.195. The number of hydrogen-bond acceptors (Lipinski definition) is 3. The first kappa shape index (κ1) is 12.9. The lowest BCUT2D eigenvalue weighted by Gasteiger charge is -2.26. The third-order valence-electron chi connectivity index (χ3n) is 2.15. The van der Waals surface area contributed by atoms with Crippen LogP contribution in [0.3, 0.4) is 0 Å². The largest absolute Gasteiger partial charge is 0.330 e. The molecule has 0 fully saturated rings. The third kappa shape index (κ3) is 8.22. The van der Waals surface area contributed by atoms with Gasteiger partial charge in [-0.2, -0.15) is 0 Å². The van der Waals surface area contributed by atoms with E-state index in [4.69, 9.17) is 5.73 Å². The third-order valence-corrected chi connectivity index (χ3v) is 2.15. The molecule has 0 aliphatic heterocycles. The van der Waals surface area contributed by atoms with Gasteiger partial charge in [0.2, 0.25) is 0 Å². The topological polar surface area (TPSA) is 41.3 Å². The van der Waals surface area contributed by atoms with Crippen LogP contribution in [0.15, 0.2) is 0 Å². The molecule has 0 aromatic heterocycles. The van der Waals surface area contributed by atoms with E-state index in [-0.39, 0.29) is 5.54 Å². The van der Waals surface area contributed by atoms with Crippen molar-refractivity contribution in [3.63, 3.8) is 0 Å². The molecule has 0 saturated carbocycles. The molecular weight excluding hydrogens is 162 g/mol. The average molecular weight is 187 g/mol. The smallest absolute Gasteiger partial charge is 0.0137 e. The zero-order valence-corrected chi connectivity index (χ0v) is 9.56. The Hall–Kier alpha value is -0.120. The van der Waals surface area contributed by atoms with Crippen molar-refractivity contribution in [3.05, 3.63) is 0 Å². The summed E-state index contributed by atoms with van der Waals surface area (Å²) in [4.78, 5) is 2.21. The van der Waals surface area contributed by atoms with Crippen molar-refractivity contribution in [2.45, 2.75) is 32.2 Å². The molecule has 0 aromatic rings. The summed E-state index contributed by atoms with van der Waals surface area (Å²) in [6.07, 6.45) is 2.23. The van der Waals surface area contributed by atoms with Crippen molar-refractivity contribution in [2.75, 3.05) is 33.7 Å². The molecule has 3 nitrogen and oxygen atoms in total. The fraction of sp³-hybridized carbons (Fsp3) is 1.00. The van der Waals surface area contributed by atoms with Crippen LogP contribution < -0.4 is 11.1 Å². The predicted molar refractivity (Wildman–Crippen MR) is 58.9 cm³/mol. The van der Waals surface area contributed by atoms with Gasteiger partial charge in [-0.1, -0.05) is 0 Å². The minimum Gasteiger partial charge on any atom is -0.330 e. The molecule has 0 heterocycles. The van der Waals surface area contributed by atoms with Gasteiger partial charge in [-0.3, -0.25) is 0 Å². The van der Waals surface area contributed by atoms with E-state index in [2.05, 4.69) is 38.2 Å². The van der Waals surface area contributed by atoms with E-state index in [1.165, 1.54) is 6.42 Å². The van der Waals surface area contributed by atoms with Gasteiger partial charge in [-0.15, -0.1) is 0 Å². The fourth-order valence-electron chi connectivity index (χ4n) is 1.27. The van der Waals surface area contributed by atoms with Gasteiger partial charge >= 0.3 is 0 Å². The van der Waals surface area contributed by atoms with Crippen molar-refractivity contribution in [2.24, 2.45) is 5.73 Å². The molecule has 0 saturated heterocycles. The zero-order valence-electron chi connectivity index (χ0n) is 9.56. The van der Waals surface area contributed by atoms with Crippen molar-refractivity contribution >= 4 is 0 Å². The summed E-state index contributed by atoms with van der Waals surface area (Å²) in [6.45, 7) is 7.38. The summed E-state index contributed by atoms with van der Waals surface area (Å²) < 4.78 is 0. The van der Waals surface area contributed by atoms with Gasteiger partial charge in [0.25, 0.3) is 0 Å². The predicted octanol–water partition coefficient (Wildman–Crippen LogP) is 0.655. The minimum absolute atomic E-state index is 0.195. The van der Waals surface area contributed by atoms with Crippen LogP contribution in [-0.2, 0) is 0 Å². The molecule has 13 heavy (non-hydrogen) atoms. The van der Waals surface area contributed by atoms with E-state index < -0.39 is 0 Å². The SMILES string of the molecule is CN(C)CCCNC(C)(C)CCN. The van der Waals surface area contributed by atoms with Gasteiger partial charge in [0.1, 0.15) is 0 Å². The Kier molecular flexibility index (Phi) is 6.29. The fourth-order valence-corrected chi connectivity index (χ4v) is 1.27. The van der Waals surface area contributed by atoms with E-state index in [9.17, 15) is 0 Å². The molecule has 3 heteroatoms. The maximum absolute atomic E-state index is 5.52. The van der Waals surface area contributed by atoms with Gasteiger partial charge in [-0.05, 0) is 60.4 Å². The van der Waals surface area contributed by atoms with Gasteiger partial charge in [-0.25, -0.2) is 0 Å². The second kappa shape index (κ2) is 6.35. The molecule has 3 N–H and O–H groups in total. The lowest BCUT2D eigenvalue weighted by Crippen LogP contribution is -2.42.